The Hall–Kier alpha value is -3.55. The average molecular weight is 438 g/mol. The predicted molar refractivity (Wildman–Crippen MR) is 121 cm³/mol. The van der Waals surface area contributed by atoms with Crippen LogP contribution in [0.5, 0.6) is 0 Å². The summed E-state index contributed by atoms with van der Waals surface area (Å²) < 4.78 is 17.5. The van der Waals surface area contributed by atoms with Gasteiger partial charge >= 0.3 is 13.1 Å². The number of Topliss-reactive ketones (excluding diaryl/α,β-unsaturated/α-hetero) is 2. The molecule has 1 aliphatic heterocycles. The van der Waals surface area contributed by atoms with Gasteiger partial charge in [-0.05, 0) is 28.4 Å². The van der Waals surface area contributed by atoms with Gasteiger partial charge in [-0.2, -0.15) is 0 Å². The van der Waals surface area contributed by atoms with E-state index in [0.717, 1.165) is 16.2 Å². The van der Waals surface area contributed by atoms with E-state index in [-0.39, 0.29) is 30.0 Å². The molecule has 0 unspecified atom stereocenters. The number of ketones is 2. The van der Waals surface area contributed by atoms with Crippen molar-refractivity contribution in [2.45, 2.75) is 24.5 Å². The van der Waals surface area contributed by atoms with Crippen molar-refractivity contribution >= 4 is 40.9 Å². The van der Waals surface area contributed by atoms with Crippen LogP contribution in [-0.2, 0) is 18.8 Å². The Labute approximate surface area is 190 Å². The number of ether oxygens (including phenoxy) is 1. The Morgan fingerprint density at radius 1 is 0.970 bits per heavy atom. The standard InChI is InChI=1S/C26H19BO6/c1-31-25(30)26-13-20-22(21(14-26)32-27(33-26)17-9-3-2-4-10-17)24(29)19-12-16-8-6-5-7-15(16)11-18(19)23(20)28/h2-12,21H,13-14H2,1H3/t21-,26-/m0/s1. The lowest BCUT2D eigenvalue weighted by Crippen LogP contribution is -2.62. The molecule has 2 bridgehead atoms. The van der Waals surface area contributed by atoms with Crippen molar-refractivity contribution in [3.05, 3.63) is 89.0 Å². The van der Waals surface area contributed by atoms with Gasteiger partial charge in [0.05, 0.1) is 13.2 Å². The van der Waals surface area contributed by atoms with Crippen LogP contribution in [0.4, 0.5) is 0 Å². The highest BCUT2D eigenvalue weighted by molar-refractivity contribution is 6.62. The maximum absolute atomic E-state index is 13.7. The van der Waals surface area contributed by atoms with Crippen LogP contribution in [0.25, 0.3) is 10.8 Å². The fourth-order valence-corrected chi connectivity index (χ4v) is 5.19. The molecular weight excluding hydrogens is 419 g/mol. The van der Waals surface area contributed by atoms with E-state index in [1.54, 1.807) is 12.1 Å². The zero-order valence-electron chi connectivity index (χ0n) is 17.9. The first-order valence-electron chi connectivity index (χ1n) is 10.8. The Kier molecular flexibility index (Phi) is 4.40. The SMILES string of the molecule is COC(=O)[C@]12CC3=C(C(=O)c4cc5ccccc5cc4C3=O)[C@H](C1)OB(c1ccccc1)O2. The first-order valence-corrected chi connectivity index (χ1v) is 10.8. The van der Waals surface area contributed by atoms with Crippen molar-refractivity contribution < 1.29 is 28.4 Å². The maximum atomic E-state index is 13.7. The van der Waals surface area contributed by atoms with Gasteiger partial charge in [-0.25, -0.2) is 4.79 Å². The normalized spacial score (nSPS) is 23.9. The molecule has 0 spiro atoms. The van der Waals surface area contributed by atoms with Crippen LogP contribution in [0.2, 0.25) is 0 Å². The quantitative estimate of drug-likeness (QED) is 0.452. The summed E-state index contributed by atoms with van der Waals surface area (Å²) >= 11 is 0. The van der Waals surface area contributed by atoms with E-state index in [1.165, 1.54) is 7.11 Å². The molecule has 6 nitrogen and oxygen atoms in total. The molecule has 1 saturated heterocycles. The predicted octanol–water partition coefficient (Wildman–Crippen LogP) is 3.03. The average Bonchev–Trinajstić information content (AvgIpc) is 2.86. The van der Waals surface area contributed by atoms with Crippen molar-refractivity contribution in [2.75, 3.05) is 7.11 Å². The lowest BCUT2D eigenvalue weighted by atomic mass is 9.65. The highest BCUT2D eigenvalue weighted by Gasteiger charge is 2.58. The van der Waals surface area contributed by atoms with Crippen LogP contribution in [0.15, 0.2) is 77.9 Å². The van der Waals surface area contributed by atoms with Crippen LogP contribution in [0.1, 0.15) is 33.6 Å². The van der Waals surface area contributed by atoms with Crippen molar-refractivity contribution in [3.8, 4) is 0 Å². The second-order valence-electron chi connectivity index (χ2n) is 8.65. The maximum Gasteiger partial charge on any atom is 0.495 e. The lowest BCUT2D eigenvalue weighted by Gasteiger charge is -2.47. The second kappa shape index (κ2) is 7.23. The Morgan fingerprint density at radius 2 is 1.61 bits per heavy atom. The molecule has 0 saturated carbocycles. The Morgan fingerprint density at radius 3 is 2.27 bits per heavy atom. The van der Waals surface area contributed by atoms with Gasteiger partial charge < -0.3 is 14.0 Å². The number of methoxy groups -OCH3 is 1. The van der Waals surface area contributed by atoms with Crippen LogP contribution in [0, 0.1) is 0 Å². The van der Waals surface area contributed by atoms with E-state index in [0.29, 0.717) is 16.7 Å². The van der Waals surface area contributed by atoms with E-state index in [1.807, 2.05) is 54.6 Å². The van der Waals surface area contributed by atoms with Crippen LogP contribution in [-0.4, -0.2) is 43.5 Å². The molecule has 1 heterocycles. The fourth-order valence-electron chi connectivity index (χ4n) is 5.19. The number of benzene rings is 3. The number of fused-ring (bicyclic) bond motifs is 5. The molecule has 0 radical (unpaired) electrons. The number of carbonyl (C=O) groups is 3. The number of hydrogen-bond acceptors (Lipinski definition) is 6. The second-order valence-corrected chi connectivity index (χ2v) is 8.65. The molecule has 1 fully saturated rings. The molecule has 3 aromatic carbocycles. The third kappa shape index (κ3) is 2.93. The summed E-state index contributed by atoms with van der Waals surface area (Å²) in [6.45, 7) is 0. The highest BCUT2D eigenvalue weighted by atomic mass is 16.6. The van der Waals surface area contributed by atoms with Gasteiger partial charge in [0.1, 0.15) is 0 Å². The van der Waals surface area contributed by atoms with Crippen LogP contribution in [0.3, 0.4) is 0 Å². The summed E-state index contributed by atoms with van der Waals surface area (Å²) in [5, 5.41) is 1.76. The van der Waals surface area contributed by atoms with Gasteiger partial charge in [0.25, 0.3) is 0 Å². The van der Waals surface area contributed by atoms with Gasteiger partial charge in [0.15, 0.2) is 17.2 Å². The van der Waals surface area contributed by atoms with Gasteiger partial charge in [-0.1, -0.05) is 54.6 Å². The minimum Gasteiger partial charge on any atom is -0.467 e. The summed E-state index contributed by atoms with van der Waals surface area (Å²) in [5.74, 6) is -1.08. The molecule has 3 aliphatic rings. The van der Waals surface area contributed by atoms with E-state index in [9.17, 15) is 14.4 Å². The van der Waals surface area contributed by atoms with Crippen molar-refractivity contribution in [3.63, 3.8) is 0 Å². The smallest absolute Gasteiger partial charge is 0.467 e. The van der Waals surface area contributed by atoms with Crippen molar-refractivity contribution in [1.82, 2.24) is 0 Å². The molecule has 162 valence electrons. The van der Waals surface area contributed by atoms with E-state index in [4.69, 9.17) is 14.0 Å². The fraction of sp³-hybridized carbons (Fsp3) is 0.192. The van der Waals surface area contributed by atoms with Gasteiger partial charge in [0.2, 0.25) is 0 Å². The van der Waals surface area contributed by atoms with Gasteiger partial charge in [0, 0.05) is 35.1 Å². The molecule has 6 rings (SSSR count). The van der Waals surface area contributed by atoms with Gasteiger partial charge in [-0.3, -0.25) is 9.59 Å². The van der Waals surface area contributed by atoms with Crippen LogP contribution >= 0.6 is 0 Å². The topological polar surface area (TPSA) is 78.9 Å². The molecule has 33 heavy (non-hydrogen) atoms. The van der Waals surface area contributed by atoms with Crippen LogP contribution < -0.4 is 5.46 Å². The summed E-state index contributed by atoms with van der Waals surface area (Å²) in [4.78, 5) is 40.2. The number of hydrogen-bond donors (Lipinski definition) is 0. The van der Waals surface area contributed by atoms with Gasteiger partial charge in [-0.15, -0.1) is 0 Å². The third-order valence-corrected chi connectivity index (χ3v) is 6.77. The summed E-state index contributed by atoms with van der Waals surface area (Å²) in [7, 11) is 0.431. The van der Waals surface area contributed by atoms with E-state index in [2.05, 4.69) is 0 Å². The molecule has 2 atom stereocenters. The number of carbonyl (C=O) groups excluding carboxylic acids is 3. The lowest BCUT2D eigenvalue weighted by molar-refractivity contribution is -0.168. The summed E-state index contributed by atoms with van der Waals surface area (Å²) in [6.07, 6.45) is -0.679. The summed E-state index contributed by atoms with van der Waals surface area (Å²) in [5.41, 5.74) is 0.635. The molecule has 0 aromatic heterocycles. The monoisotopic (exact) mass is 438 g/mol. The first-order chi connectivity index (χ1) is 16.0. The van der Waals surface area contributed by atoms with Crippen molar-refractivity contribution in [1.29, 1.82) is 0 Å². The van der Waals surface area contributed by atoms with E-state index >= 15 is 0 Å². The molecule has 3 aromatic rings. The Bertz CT molecular complexity index is 1380. The largest absolute Gasteiger partial charge is 0.495 e. The zero-order valence-corrected chi connectivity index (χ0v) is 17.9. The van der Waals surface area contributed by atoms with Crippen molar-refractivity contribution in [2.24, 2.45) is 0 Å². The van der Waals surface area contributed by atoms with E-state index < -0.39 is 24.8 Å². The molecular formula is C26H19BO6. The minimum atomic E-state index is -1.40. The summed E-state index contributed by atoms with van der Waals surface area (Å²) in [6, 6.07) is 20.3. The minimum absolute atomic E-state index is 0.0327. The number of rotatable bonds is 2. The molecule has 7 heteroatoms. The molecule has 0 amide bonds. The Balaban J connectivity index is 1.50. The number of esters is 1. The molecule has 2 aliphatic carbocycles. The first kappa shape index (κ1) is 20.1. The highest BCUT2D eigenvalue weighted by Crippen LogP contribution is 2.46. The third-order valence-electron chi connectivity index (χ3n) is 6.77. The molecule has 0 N–H and O–H groups in total. The zero-order chi connectivity index (χ0) is 22.7.